The lowest BCUT2D eigenvalue weighted by Gasteiger charge is -2.21. The van der Waals surface area contributed by atoms with Gasteiger partial charge in [0.05, 0.1) is 11.8 Å². The summed E-state index contributed by atoms with van der Waals surface area (Å²) < 4.78 is 1.64. The third-order valence-corrected chi connectivity index (χ3v) is 3.06. The minimum atomic E-state index is 0.00220. The van der Waals surface area contributed by atoms with Crippen LogP contribution in [0, 0.1) is 0 Å². The summed E-state index contributed by atoms with van der Waals surface area (Å²) in [6.45, 7) is 3.33. The topological polar surface area (TPSA) is 64.2 Å². The molecule has 1 aromatic carbocycles. The maximum atomic E-state index is 12.5. The molecule has 1 heterocycles. The fraction of sp³-hybridized carbons (Fsp3) is 0.333. The number of aryl methyl sites for hydroxylation is 1. The van der Waals surface area contributed by atoms with E-state index in [1.165, 1.54) is 0 Å². The van der Waals surface area contributed by atoms with E-state index in [1.807, 2.05) is 29.2 Å². The molecular weight excluding hydrogens is 252 g/mol. The Morgan fingerprint density at radius 3 is 2.85 bits per heavy atom. The Hall–Kier alpha value is -2.30. The summed E-state index contributed by atoms with van der Waals surface area (Å²) in [5.41, 5.74) is 8.15. The molecule has 1 amide bonds. The number of carbonyl (C=O) groups excluding carboxylic acids is 1. The predicted octanol–water partition coefficient (Wildman–Crippen LogP) is 2.05. The second-order valence-electron chi connectivity index (χ2n) is 4.87. The Morgan fingerprint density at radius 1 is 1.45 bits per heavy atom. The number of rotatable bonds is 5. The third-order valence-electron chi connectivity index (χ3n) is 3.06. The fourth-order valence-corrected chi connectivity index (χ4v) is 2.15. The van der Waals surface area contributed by atoms with Crippen LogP contribution in [0.25, 0.3) is 0 Å². The van der Waals surface area contributed by atoms with Crippen molar-refractivity contribution in [2.24, 2.45) is 7.05 Å². The predicted molar refractivity (Wildman–Crippen MR) is 79.1 cm³/mol. The third kappa shape index (κ3) is 3.38. The smallest absolute Gasteiger partial charge is 0.257 e. The lowest BCUT2D eigenvalue weighted by Crippen LogP contribution is -2.31. The van der Waals surface area contributed by atoms with Crippen molar-refractivity contribution in [3.05, 3.63) is 47.8 Å². The molecular formula is C15H20N4O. The van der Waals surface area contributed by atoms with E-state index in [2.05, 4.69) is 12.0 Å². The Bertz CT molecular complexity index is 591. The van der Waals surface area contributed by atoms with Crippen LogP contribution >= 0.6 is 0 Å². The average Bonchev–Trinajstić information content (AvgIpc) is 2.84. The number of nitrogens with two attached hydrogens (primary N) is 1. The van der Waals surface area contributed by atoms with E-state index in [1.54, 1.807) is 24.1 Å². The standard InChI is InChI=1S/C15H20N4O/c1-3-7-19(10-12-5-4-6-14(16)8-12)15(20)13-9-17-18(2)11-13/h4-6,8-9,11H,3,7,10,16H2,1-2H3. The normalized spacial score (nSPS) is 10.5. The quantitative estimate of drug-likeness (QED) is 0.847. The highest BCUT2D eigenvalue weighted by atomic mass is 16.2. The summed E-state index contributed by atoms with van der Waals surface area (Å²) in [5.74, 6) is 0.00220. The van der Waals surface area contributed by atoms with E-state index in [4.69, 9.17) is 5.73 Å². The monoisotopic (exact) mass is 272 g/mol. The molecule has 0 atom stereocenters. The van der Waals surface area contributed by atoms with Crippen molar-refractivity contribution in [2.45, 2.75) is 19.9 Å². The molecule has 0 radical (unpaired) electrons. The fourth-order valence-electron chi connectivity index (χ4n) is 2.15. The zero-order valence-corrected chi connectivity index (χ0v) is 11.9. The first-order valence-electron chi connectivity index (χ1n) is 6.72. The van der Waals surface area contributed by atoms with Gasteiger partial charge in [-0.3, -0.25) is 9.48 Å². The first-order valence-corrected chi connectivity index (χ1v) is 6.72. The number of amides is 1. The number of nitrogens with zero attached hydrogens (tertiary/aromatic N) is 3. The Kier molecular flexibility index (Phi) is 4.40. The zero-order valence-electron chi connectivity index (χ0n) is 11.9. The van der Waals surface area contributed by atoms with Crippen LogP contribution in [0.2, 0.25) is 0 Å². The van der Waals surface area contributed by atoms with Crippen molar-refractivity contribution in [1.82, 2.24) is 14.7 Å². The number of hydrogen-bond acceptors (Lipinski definition) is 3. The molecule has 0 aliphatic carbocycles. The Balaban J connectivity index is 2.16. The SMILES string of the molecule is CCCN(Cc1cccc(N)c1)C(=O)c1cnn(C)c1. The number of aromatic nitrogens is 2. The van der Waals surface area contributed by atoms with Gasteiger partial charge in [0.25, 0.3) is 5.91 Å². The first-order chi connectivity index (χ1) is 9.60. The van der Waals surface area contributed by atoms with E-state index in [0.29, 0.717) is 24.3 Å². The molecule has 0 unspecified atom stereocenters. The Morgan fingerprint density at radius 2 is 2.25 bits per heavy atom. The highest BCUT2D eigenvalue weighted by molar-refractivity contribution is 5.93. The number of anilines is 1. The molecule has 0 bridgehead atoms. The molecule has 0 fully saturated rings. The van der Waals surface area contributed by atoms with Gasteiger partial charge in [-0.15, -0.1) is 0 Å². The highest BCUT2D eigenvalue weighted by Crippen LogP contribution is 2.13. The number of nitrogen functional groups attached to an aromatic ring is 1. The summed E-state index contributed by atoms with van der Waals surface area (Å²) in [4.78, 5) is 14.3. The van der Waals surface area contributed by atoms with Gasteiger partial charge in [-0.05, 0) is 24.1 Å². The molecule has 1 aromatic heterocycles. The van der Waals surface area contributed by atoms with E-state index >= 15 is 0 Å². The molecule has 0 aliphatic rings. The van der Waals surface area contributed by atoms with Crippen LogP contribution in [0.3, 0.4) is 0 Å². The van der Waals surface area contributed by atoms with E-state index in [0.717, 1.165) is 12.0 Å². The molecule has 5 heteroatoms. The Labute approximate surface area is 119 Å². The summed E-state index contributed by atoms with van der Waals surface area (Å²) in [6.07, 6.45) is 4.25. The molecule has 2 N–H and O–H groups in total. The van der Waals surface area contributed by atoms with Gasteiger partial charge < -0.3 is 10.6 Å². The molecule has 0 aliphatic heterocycles. The highest BCUT2D eigenvalue weighted by Gasteiger charge is 2.16. The molecule has 0 saturated heterocycles. The summed E-state index contributed by atoms with van der Waals surface area (Å²) in [5, 5.41) is 4.05. The molecule has 0 spiro atoms. The van der Waals surface area contributed by atoms with Crippen LogP contribution in [0.5, 0.6) is 0 Å². The number of hydrogen-bond donors (Lipinski definition) is 1. The van der Waals surface area contributed by atoms with Crippen LogP contribution in [0.4, 0.5) is 5.69 Å². The van der Waals surface area contributed by atoms with Crippen LogP contribution < -0.4 is 5.73 Å². The van der Waals surface area contributed by atoms with Gasteiger partial charge in [0, 0.05) is 32.0 Å². The van der Waals surface area contributed by atoms with Crippen molar-refractivity contribution < 1.29 is 4.79 Å². The van der Waals surface area contributed by atoms with Crippen LogP contribution in [-0.4, -0.2) is 27.1 Å². The number of benzene rings is 1. The molecule has 106 valence electrons. The van der Waals surface area contributed by atoms with Crippen LogP contribution in [0.15, 0.2) is 36.7 Å². The summed E-state index contributed by atoms with van der Waals surface area (Å²) in [6, 6.07) is 7.63. The lowest BCUT2D eigenvalue weighted by atomic mass is 10.1. The van der Waals surface area contributed by atoms with E-state index in [-0.39, 0.29) is 5.91 Å². The zero-order chi connectivity index (χ0) is 14.5. The second kappa shape index (κ2) is 6.23. The van der Waals surface area contributed by atoms with Crippen LogP contribution in [-0.2, 0) is 13.6 Å². The first kappa shape index (κ1) is 14.1. The summed E-state index contributed by atoms with van der Waals surface area (Å²) in [7, 11) is 1.80. The molecule has 2 rings (SSSR count). The van der Waals surface area contributed by atoms with Gasteiger partial charge in [-0.2, -0.15) is 5.10 Å². The molecule has 0 saturated carbocycles. The van der Waals surface area contributed by atoms with Gasteiger partial charge >= 0.3 is 0 Å². The molecule has 5 nitrogen and oxygen atoms in total. The minimum Gasteiger partial charge on any atom is -0.399 e. The van der Waals surface area contributed by atoms with Crippen molar-refractivity contribution in [1.29, 1.82) is 0 Å². The second-order valence-corrected chi connectivity index (χ2v) is 4.87. The van der Waals surface area contributed by atoms with Gasteiger partial charge in [0.2, 0.25) is 0 Å². The molecule has 2 aromatic rings. The van der Waals surface area contributed by atoms with Crippen molar-refractivity contribution >= 4 is 11.6 Å². The van der Waals surface area contributed by atoms with Crippen molar-refractivity contribution in [3.8, 4) is 0 Å². The maximum absolute atomic E-state index is 12.5. The van der Waals surface area contributed by atoms with Crippen molar-refractivity contribution in [2.75, 3.05) is 12.3 Å². The number of carbonyl (C=O) groups is 1. The van der Waals surface area contributed by atoms with Gasteiger partial charge in [-0.1, -0.05) is 19.1 Å². The van der Waals surface area contributed by atoms with Gasteiger partial charge in [0.15, 0.2) is 0 Å². The van der Waals surface area contributed by atoms with E-state index in [9.17, 15) is 4.79 Å². The minimum absolute atomic E-state index is 0.00220. The largest absolute Gasteiger partial charge is 0.399 e. The maximum Gasteiger partial charge on any atom is 0.257 e. The van der Waals surface area contributed by atoms with Gasteiger partial charge in [-0.25, -0.2) is 0 Å². The van der Waals surface area contributed by atoms with Crippen LogP contribution in [0.1, 0.15) is 29.3 Å². The average molecular weight is 272 g/mol. The van der Waals surface area contributed by atoms with Crippen molar-refractivity contribution in [3.63, 3.8) is 0 Å². The molecule has 20 heavy (non-hydrogen) atoms. The van der Waals surface area contributed by atoms with E-state index < -0.39 is 0 Å². The lowest BCUT2D eigenvalue weighted by molar-refractivity contribution is 0.0743. The summed E-state index contributed by atoms with van der Waals surface area (Å²) >= 11 is 0. The van der Waals surface area contributed by atoms with Gasteiger partial charge in [0.1, 0.15) is 0 Å².